The third-order valence-electron chi connectivity index (χ3n) is 3.49. The SMILES string of the molecule is COc1ccc(C(=O)Nc2cc(C(C)=O)cc(C(=O)O)c2)cc1OC. The second kappa shape index (κ2) is 7.48. The number of nitrogens with one attached hydrogen (secondary N) is 1. The molecule has 0 saturated carbocycles. The Hall–Kier alpha value is -3.35. The fourth-order valence-electron chi connectivity index (χ4n) is 2.21. The van der Waals surface area contributed by atoms with Crippen LogP contribution in [-0.2, 0) is 0 Å². The first-order valence-corrected chi connectivity index (χ1v) is 7.28. The third kappa shape index (κ3) is 4.14. The minimum absolute atomic E-state index is 0.0877. The van der Waals surface area contributed by atoms with Crippen molar-refractivity contribution in [2.45, 2.75) is 6.92 Å². The van der Waals surface area contributed by atoms with E-state index in [1.165, 1.54) is 45.4 Å². The van der Waals surface area contributed by atoms with Crippen LogP contribution in [0.15, 0.2) is 36.4 Å². The van der Waals surface area contributed by atoms with Gasteiger partial charge in [0.25, 0.3) is 5.91 Å². The van der Waals surface area contributed by atoms with Crippen LogP contribution >= 0.6 is 0 Å². The second-order valence-corrected chi connectivity index (χ2v) is 5.18. The number of carbonyl (C=O) groups excluding carboxylic acids is 2. The highest BCUT2D eigenvalue weighted by molar-refractivity contribution is 6.06. The number of rotatable bonds is 6. The summed E-state index contributed by atoms with van der Waals surface area (Å²) >= 11 is 0. The van der Waals surface area contributed by atoms with Crippen LogP contribution in [0.3, 0.4) is 0 Å². The molecule has 0 bridgehead atoms. The highest BCUT2D eigenvalue weighted by atomic mass is 16.5. The number of methoxy groups -OCH3 is 2. The highest BCUT2D eigenvalue weighted by Gasteiger charge is 2.14. The molecule has 0 aliphatic heterocycles. The molecule has 2 rings (SSSR count). The van der Waals surface area contributed by atoms with Crippen LogP contribution in [0, 0.1) is 0 Å². The van der Waals surface area contributed by atoms with Gasteiger partial charge in [0.15, 0.2) is 17.3 Å². The number of anilines is 1. The molecule has 0 fully saturated rings. The maximum Gasteiger partial charge on any atom is 0.335 e. The molecule has 0 unspecified atom stereocenters. The summed E-state index contributed by atoms with van der Waals surface area (Å²) in [5.74, 6) is -1.10. The van der Waals surface area contributed by atoms with E-state index in [2.05, 4.69) is 5.32 Å². The summed E-state index contributed by atoms with van der Waals surface area (Å²) in [6.45, 7) is 1.32. The number of benzene rings is 2. The number of Topliss-reactive ketones (excluding diaryl/α,β-unsaturated/α-hetero) is 1. The van der Waals surface area contributed by atoms with Gasteiger partial charge in [-0.2, -0.15) is 0 Å². The lowest BCUT2D eigenvalue weighted by Crippen LogP contribution is -2.13. The molecule has 7 nitrogen and oxygen atoms in total. The summed E-state index contributed by atoms with van der Waals surface area (Å²) in [7, 11) is 2.94. The van der Waals surface area contributed by atoms with E-state index in [1.807, 2.05) is 0 Å². The Labute approximate surface area is 144 Å². The van der Waals surface area contributed by atoms with E-state index in [1.54, 1.807) is 12.1 Å². The van der Waals surface area contributed by atoms with E-state index < -0.39 is 11.9 Å². The number of ether oxygens (including phenoxy) is 2. The number of ketones is 1. The summed E-state index contributed by atoms with van der Waals surface area (Å²) in [4.78, 5) is 35.1. The van der Waals surface area contributed by atoms with E-state index in [-0.39, 0.29) is 22.6 Å². The van der Waals surface area contributed by atoms with Gasteiger partial charge < -0.3 is 19.9 Å². The van der Waals surface area contributed by atoms with Gasteiger partial charge in [0.05, 0.1) is 19.8 Å². The highest BCUT2D eigenvalue weighted by Crippen LogP contribution is 2.28. The number of carboxylic acids is 1. The van der Waals surface area contributed by atoms with Crippen molar-refractivity contribution in [3.8, 4) is 11.5 Å². The zero-order chi connectivity index (χ0) is 18.6. The molecular formula is C18H17NO6. The Kier molecular flexibility index (Phi) is 5.38. The number of carbonyl (C=O) groups is 3. The molecule has 0 heterocycles. The average molecular weight is 343 g/mol. The van der Waals surface area contributed by atoms with Crippen LogP contribution in [0.5, 0.6) is 11.5 Å². The minimum Gasteiger partial charge on any atom is -0.493 e. The molecule has 0 saturated heterocycles. The number of amides is 1. The minimum atomic E-state index is -1.19. The van der Waals surface area contributed by atoms with Crippen LogP contribution < -0.4 is 14.8 Å². The molecule has 0 spiro atoms. The molecule has 0 aliphatic carbocycles. The molecule has 2 N–H and O–H groups in total. The molecule has 0 aliphatic rings. The zero-order valence-corrected chi connectivity index (χ0v) is 14.0. The van der Waals surface area contributed by atoms with Crippen LogP contribution in [0.2, 0.25) is 0 Å². The van der Waals surface area contributed by atoms with Crippen molar-refractivity contribution < 1.29 is 29.0 Å². The van der Waals surface area contributed by atoms with E-state index in [0.717, 1.165) is 0 Å². The molecule has 25 heavy (non-hydrogen) atoms. The molecule has 1 amide bonds. The predicted molar refractivity (Wildman–Crippen MR) is 90.9 cm³/mol. The van der Waals surface area contributed by atoms with E-state index >= 15 is 0 Å². The summed E-state index contributed by atoms with van der Waals surface area (Å²) in [5, 5.41) is 11.7. The quantitative estimate of drug-likeness (QED) is 0.782. The van der Waals surface area contributed by atoms with Gasteiger partial charge in [0.2, 0.25) is 0 Å². The largest absolute Gasteiger partial charge is 0.493 e. The molecule has 130 valence electrons. The Morgan fingerprint density at radius 1 is 0.880 bits per heavy atom. The van der Waals surface area contributed by atoms with Crippen LogP contribution in [0.1, 0.15) is 38.0 Å². The first-order valence-electron chi connectivity index (χ1n) is 7.28. The molecule has 0 atom stereocenters. The Balaban J connectivity index is 2.34. The first kappa shape index (κ1) is 18.0. The van der Waals surface area contributed by atoms with E-state index in [0.29, 0.717) is 17.1 Å². The number of hydrogen-bond acceptors (Lipinski definition) is 5. The van der Waals surface area contributed by atoms with E-state index in [9.17, 15) is 14.4 Å². The summed E-state index contributed by atoms with van der Waals surface area (Å²) in [6.07, 6.45) is 0. The van der Waals surface area contributed by atoms with E-state index in [4.69, 9.17) is 14.6 Å². The molecular weight excluding hydrogens is 326 g/mol. The third-order valence-corrected chi connectivity index (χ3v) is 3.49. The van der Waals surface area contributed by atoms with Gasteiger partial charge in [-0.15, -0.1) is 0 Å². The lowest BCUT2D eigenvalue weighted by Gasteiger charge is -2.11. The van der Waals surface area contributed by atoms with Gasteiger partial charge in [-0.05, 0) is 43.3 Å². The average Bonchev–Trinajstić information content (AvgIpc) is 2.60. The predicted octanol–water partition coefficient (Wildman–Crippen LogP) is 2.86. The Bertz CT molecular complexity index is 811. The maximum absolute atomic E-state index is 12.4. The van der Waals surface area contributed by atoms with Crippen molar-refractivity contribution >= 4 is 23.3 Å². The maximum atomic E-state index is 12.4. The summed E-state index contributed by atoms with van der Waals surface area (Å²) in [5.41, 5.74) is 0.616. The number of hydrogen-bond donors (Lipinski definition) is 2. The van der Waals surface area contributed by atoms with Crippen molar-refractivity contribution in [2.24, 2.45) is 0 Å². The number of aromatic carboxylic acids is 1. The van der Waals surface area contributed by atoms with Crippen LogP contribution in [0.25, 0.3) is 0 Å². The second-order valence-electron chi connectivity index (χ2n) is 5.18. The van der Waals surface area contributed by atoms with Gasteiger partial charge >= 0.3 is 5.97 Å². The van der Waals surface area contributed by atoms with Crippen molar-refractivity contribution in [3.63, 3.8) is 0 Å². The summed E-state index contributed by atoms with van der Waals surface area (Å²) in [6, 6.07) is 8.60. The van der Waals surface area contributed by atoms with Crippen LogP contribution in [0.4, 0.5) is 5.69 Å². The standard InChI is InChI=1S/C18H17NO6/c1-10(20)12-6-13(18(22)23)8-14(7-12)19-17(21)11-4-5-15(24-2)16(9-11)25-3/h4-9H,1-3H3,(H,19,21)(H,22,23). The molecule has 2 aromatic carbocycles. The first-order chi connectivity index (χ1) is 11.8. The van der Waals surface area contributed by atoms with Gasteiger partial charge in [0, 0.05) is 16.8 Å². The van der Waals surface area contributed by atoms with Crippen molar-refractivity contribution in [1.29, 1.82) is 0 Å². The van der Waals surface area contributed by atoms with Crippen molar-refractivity contribution in [3.05, 3.63) is 53.1 Å². The van der Waals surface area contributed by atoms with Gasteiger partial charge in [-0.1, -0.05) is 0 Å². The van der Waals surface area contributed by atoms with Crippen LogP contribution in [-0.4, -0.2) is 37.0 Å². The number of carboxylic acid groups (broad SMARTS) is 1. The topological polar surface area (TPSA) is 102 Å². The van der Waals surface area contributed by atoms with Gasteiger partial charge in [-0.3, -0.25) is 9.59 Å². The smallest absolute Gasteiger partial charge is 0.335 e. The molecule has 0 radical (unpaired) electrons. The lowest BCUT2D eigenvalue weighted by atomic mass is 10.1. The van der Waals surface area contributed by atoms with Gasteiger partial charge in [0.1, 0.15) is 0 Å². The van der Waals surface area contributed by atoms with Gasteiger partial charge in [-0.25, -0.2) is 4.79 Å². The molecule has 0 aromatic heterocycles. The molecule has 2 aromatic rings. The fraction of sp³-hybridized carbons (Fsp3) is 0.167. The van der Waals surface area contributed by atoms with Crippen molar-refractivity contribution in [1.82, 2.24) is 0 Å². The Morgan fingerprint density at radius 2 is 1.52 bits per heavy atom. The monoisotopic (exact) mass is 343 g/mol. The summed E-state index contributed by atoms with van der Waals surface area (Å²) < 4.78 is 10.3. The molecule has 7 heteroatoms. The van der Waals surface area contributed by atoms with Crippen molar-refractivity contribution in [2.75, 3.05) is 19.5 Å². The zero-order valence-electron chi connectivity index (χ0n) is 14.0. The fourth-order valence-corrected chi connectivity index (χ4v) is 2.21. The normalized spacial score (nSPS) is 10.0. The Morgan fingerprint density at radius 3 is 2.08 bits per heavy atom. The lowest BCUT2D eigenvalue weighted by molar-refractivity contribution is 0.0696.